The number of hydrogen-bond acceptors (Lipinski definition) is 4. The zero-order valence-corrected chi connectivity index (χ0v) is 13.5. The second kappa shape index (κ2) is 7.21. The quantitative estimate of drug-likeness (QED) is 0.873. The molecule has 2 aromatic rings. The van der Waals surface area contributed by atoms with Crippen LogP contribution >= 0.6 is 0 Å². The number of carbonyl (C=O) groups excluding carboxylic acids is 2. The third-order valence-corrected chi connectivity index (χ3v) is 3.70. The number of anilines is 1. The zero-order chi connectivity index (χ0) is 17.8. The van der Waals surface area contributed by atoms with E-state index in [0.717, 1.165) is 5.56 Å². The van der Waals surface area contributed by atoms with Crippen molar-refractivity contribution in [2.24, 2.45) is 0 Å². The normalized spacial score (nSPS) is 13.9. The van der Waals surface area contributed by atoms with Gasteiger partial charge in [0.2, 0.25) is 0 Å². The molecule has 1 unspecified atom stereocenters. The van der Waals surface area contributed by atoms with Gasteiger partial charge in [-0.05, 0) is 48.9 Å². The van der Waals surface area contributed by atoms with Crippen molar-refractivity contribution in [2.45, 2.75) is 13.0 Å². The predicted octanol–water partition coefficient (Wildman–Crippen LogP) is 2.41. The van der Waals surface area contributed by atoms with Crippen molar-refractivity contribution in [1.29, 1.82) is 0 Å². The van der Waals surface area contributed by atoms with Crippen LogP contribution in [0.15, 0.2) is 42.5 Å². The Morgan fingerprint density at radius 2 is 2.08 bits per heavy atom. The van der Waals surface area contributed by atoms with Crippen LogP contribution in [0.3, 0.4) is 0 Å². The smallest absolute Gasteiger partial charge is 0.262 e. The van der Waals surface area contributed by atoms with Crippen LogP contribution in [0, 0.1) is 5.82 Å². The molecular weight excluding hydrogens is 327 g/mol. The fourth-order valence-electron chi connectivity index (χ4n) is 2.42. The first kappa shape index (κ1) is 16.8. The van der Waals surface area contributed by atoms with Gasteiger partial charge in [-0.25, -0.2) is 4.39 Å². The summed E-state index contributed by atoms with van der Waals surface area (Å²) in [4.78, 5) is 23.4. The van der Waals surface area contributed by atoms with Gasteiger partial charge in [-0.15, -0.1) is 0 Å². The molecule has 0 aromatic heterocycles. The molecule has 130 valence electrons. The molecule has 6 nitrogen and oxygen atoms in total. The summed E-state index contributed by atoms with van der Waals surface area (Å²) in [6, 6.07) is 10.5. The van der Waals surface area contributed by atoms with Gasteiger partial charge in [0.1, 0.15) is 17.3 Å². The van der Waals surface area contributed by atoms with Crippen molar-refractivity contribution in [3.63, 3.8) is 0 Å². The highest BCUT2D eigenvalue weighted by Gasteiger charge is 2.18. The summed E-state index contributed by atoms with van der Waals surface area (Å²) >= 11 is 0. The lowest BCUT2D eigenvalue weighted by molar-refractivity contribution is -0.123. The van der Waals surface area contributed by atoms with Crippen LogP contribution < -0.4 is 20.1 Å². The van der Waals surface area contributed by atoms with Crippen molar-refractivity contribution in [3.8, 4) is 11.5 Å². The minimum absolute atomic E-state index is 0.000634. The molecule has 2 N–H and O–H groups in total. The van der Waals surface area contributed by atoms with E-state index in [1.165, 1.54) is 24.3 Å². The largest absolute Gasteiger partial charge is 0.484 e. The van der Waals surface area contributed by atoms with E-state index in [1.54, 1.807) is 12.1 Å². The molecule has 0 fully saturated rings. The van der Waals surface area contributed by atoms with E-state index in [1.807, 2.05) is 13.0 Å². The Balaban J connectivity index is 1.57. The standard InChI is InChI=1S/C18H17FN2O4/c1-11(12-2-7-16-15(8-12)21-18(23)10-25-16)20-17(22)9-24-14-5-3-13(19)4-6-14/h2-8,11H,9-10H2,1H3,(H,20,22)(H,21,23). The average Bonchev–Trinajstić information content (AvgIpc) is 2.60. The van der Waals surface area contributed by atoms with Gasteiger partial charge in [0.15, 0.2) is 13.2 Å². The second-order valence-electron chi connectivity index (χ2n) is 5.62. The summed E-state index contributed by atoms with van der Waals surface area (Å²) in [5.41, 5.74) is 1.40. The summed E-state index contributed by atoms with van der Waals surface area (Å²) < 4.78 is 23.4. The minimum atomic E-state index is -0.367. The lowest BCUT2D eigenvalue weighted by Gasteiger charge is -2.21. The molecule has 0 bridgehead atoms. The predicted molar refractivity (Wildman–Crippen MR) is 89.0 cm³/mol. The Hall–Kier alpha value is -3.09. The number of ether oxygens (including phenoxy) is 2. The molecular formula is C18H17FN2O4. The highest BCUT2D eigenvalue weighted by atomic mass is 19.1. The topological polar surface area (TPSA) is 76.7 Å². The summed E-state index contributed by atoms with van der Waals surface area (Å²) in [7, 11) is 0. The fraction of sp³-hybridized carbons (Fsp3) is 0.222. The molecule has 0 aliphatic carbocycles. The maximum absolute atomic E-state index is 12.8. The van der Waals surface area contributed by atoms with Gasteiger partial charge in [0, 0.05) is 0 Å². The molecule has 0 radical (unpaired) electrons. The molecule has 0 saturated heterocycles. The minimum Gasteiger partial charge on any atom is -0.484 e. The number of halogens is 1. The molecule has 2 amide bonds. The first-order valence-corrected chi connectivity index (χ1v) is 7.75. The number of amides is 2. The van der Waals surface area contributed by atoms with Crippen LogP contribution in [0.2, 0.25) is 0 Å². The van der Waals surface area contributed by atoms with E-state index in [4.69, 9.17) is 9.47 Å². The number of carbonyl (C=O) groups is 2. The van der Waals surface area contributed by atoms with Gasteiger partial charge >= 0.3 is 0 Å². The van der Waals surface area contributed by atoms with Crippen molar-refractivity contribution in [1.82, 2.24) is 5.32 Å². The van der Waals surface area contributed by atoms with Crippen molar-refractivity contribution < 1.29 is 23.5 Å². The first-order chi connectivity index (χ1) is 12.0. The second-order valence-corrected chi connectivity index (χ2v) is 5.62. The van der Waals surface area contributed by atoms with Gasteiger partial charge in [-0.1, -0.05) is 6.07 Å². The van der Waals surface area contributed by atoms with Crippen molar-refractivity contribution in [2.75, 3.05) is 18.5 Å². The van der Waals surface area contributed by atoms with Crippen LogP contribution in [0.25, 0.3) is 0 Å². The fourth-order valence-corrected chi connectivity index (χ4v) is 2.42. The molecule has 1 heterocycles. The number of rotatable bonds is 5. The molecule has 0 spiro atoms. The monoisotopic (exact) mass is 344 g/mol. The Kier molecular flexibility index (Phi) is 4.83. The van der Waals surface area contributed by atoms with Crippen molar-refractivity contribution >= 4 is 17.5 Å². The zero-order valence-electron chi connectivity index (χ0n) is 13.5. The third-order valence-electron chi connectivity index (χ3n) is 3.70. The highest BCUT2D eigenvalue weighted by Crippen LogP contribution is 2.30. The highest BCUT2D eigenvalue weighted by molar-refractivity contribution is 5.95. The third kappa shape index (κ3) is 4.26. The van der Waals surface area contributed by atoms with Gasteiger partial charge in [-0.2, -0.15) is 0 Å². The molecule has 3 rings (SSSR count). The van der Waals surface area contributed by atoms with Crippen LogP contribution in [-0.4, -0.2) is 25.0 Å². The summed E-state index contributed by atoms with van der Waals surface area (Å²) in [5, 5.41) is 5.53. The summed E-state index contributed by atoms with van der Waals surface area (Å²) in [6.07, 6.45) is 0. The lowest BCUT2D eigenvalue weighted by atomic mass is 10.1. The first-order valence-electron chi connectivity index (χ1n) is 7.75. The van der Waals surface area contributed by atoms with Crippen LogP contribution in [0.4, 0.5) is 10.1 Å². The van der Waals surface area contributed by atoms with Crippen LogP contribution in [-0.2, 0) is 9.59 Å². The Labute approximate surface area is 143 Å². The Bertz CT molecular complexity index is 792. The lowest BCUT2D eigenvalue weighted by Crippen LogP contribution is -2.31. The summed E-state index contributed by atoms with van der Waals surface area (Å²) in [6.45, 7) is 1.64. The Morgan fingerprint density at radius 1 is 1.32 bits per heavy atom. The average molecular weight is 344 g/mol. The van der Waals surface area contributed by atoms with Gasteiger partial charge < -0.3 is 20.1 Å². The van der Waals surface area contributed by atoms with E-state index in [-0.39, 0.29) is 36.9 Å². The molecule has 1 aliphatic heterocycles. The number of benzene rings is 2. The van der Waals surface area contributed by atoms with Gasteiger partial charge in [0.25, 0.3) is 11.8 Å². The maximum atomic E-state index is 12.8. The number of hydrogen-bond donors (Lipinski definition) is 2. The van der Waals surface area contributed by atoms with E-state index < -0.39 is 0 Å². The molecule has 0 saturated carbocycles. The van der Waals surface area contributed by atoms with E-state index in [9.17, 15) is 14.0 Å². The Morgan fingerprint density at radius 3 is 2.84 bits per heavy atom. The van der Waals surface area contributed by atoms with E-state index in [0.29, 0.717) is 17.2 Å². The SMILES string of the molecule is CC(NC(=O)COc1ccc(F)cc1)c1ccc2c(c1)NC(=O)CO2. The molecule has 2 aromatic carbocycles. The molecule has 1 atom stereocenters. The van der Waals surface area contributed by atoms with E-state index >= 15 is 0 Å². The molecule has 25 heavy (non-hydrogen) atoms. The van der Waals surface area contributed by atoms with Crippen LogP contribution in [0.5, 0.6) is 11.5 Å². The van der Waals surface area contributed by atoms with Gasteiger partial charge in [-0.3, -0.25) is 9.59 Å². The summed E-state index contributed by atoms with van der Waals surface area (Å²) in [5.74, 6) is 0.122. The number of nitrogens with one attached hydrogen (secondary N) is 2. The van der Waals surface area contributed by atoms with E-state index in [2.05, 4.69) is 10.6 Å². The number of fused-ring (bicyclic) bond motifs is 1. The van der Waals surface area contributed by atoms with Crippen LogP contribution in [0.1, 0.15) is 18.5 Å². The maximum Gasteiger partial charge on any atom is 0.262 e. The van der Waals surface area contributed by atoms with Crippen molar-refractivity contribution in [3.05, 3.63) is 53.8 Å². The van der Waals surface area contributed by atoms with Gasteiger partial charge in [0.05, 0.1) is 11.7 Å². The molecule has 7 heteroatoms. The molecule has 1 aliphatic rings.